The summed E-state index contributed by atoms with van der Waals surface area (Å²) >= 11 is 0. The van der Waals surface area contributed by atoms with Gasteiger partial charge in [-0.1, -0.05) is 55.5 Å². The van der Waals surface area contributed by atoms with E-state index in [9.17, 15) is 4.79 Å². The van der Waals surface area contributed by atoms with E-state index >= 15 is 0 Å². The van der Waals surface area contributed by atoms with E-state index in [2.05, 4.69) is 38.1 Å². The number of pyridine rings is 1. The zero-order chi connectivity index (χ0) is 18.7. The molecule has 1 heterocycles. The summed E-state index contributed by atoms with van der Waals surface area (Å²) in [5.41, 5.74) is 13.2. The smallest absolute Gasteiger partial charge is 0.256 e. The molecule has 3 heteroatoms. The molecule has 2 aromatic carbocycles. The molecule has 3 aromatic rings. The third kappa shape index (κ3) is 3.49. The van der Waals surface area contributed by atoms with Crippen molar-refractivity contribution in [2.24, 2.45) is 5.73 Å². The monoisotopic (exact) mass is 346 g/mol. The molecular formula is C23H26N2O. The zero-order valence-electron chi connectivity index (χ0n) is 15.8. The molecule has 0 aliphatic rings. The Morgan fingerprint density at radius 2 is 1.69 bits per heavy atom. The van der Waals surface area contributed by atoms with Gasteiger partial charge in [-0.15, -0.1) is 0 Å². The molecule has 0 bridgehead atoms. The zero-order valence-corrected chi connectivity index (χ0v) is 15.8. The lowest BCUT2D eigenvalue weighted by molar-refractivity contribution is 0.744. The molecule has 0 aliphatic carbocycles. The Labute approximate surface area is 155 Å². The molecule has 3 nitrogen and oxygen atoms in total. The lowest BCUT2D eigenvalue weighted by Gasteiger charge is -2.18. The fourth-order valence-electron chi connectivity index (χ4n) is 3.39. The van der Waals surface area contributed by atoms with Gasteiger partial charge in [0.05, 0.1) is 12.2 Å². The van der Waals surface area contributed by atoms with Crippen LogP contribution < -0.4 is 11.3 Å². The van der Waals surface area contributed by atoms with Crippen LogP contribution in [0.25, 0.3) is 11.3 Å². The van der Waals surface area contributed by atoms with Crippen molar-refractivity contribution in [2.45, 2.75) is 40.3 Å². The molecule has 0 radical (unpaired) electrons. The number of aromatic nitrogens is 1. The maximum absolute atomic E-state index is 13.1. The first-order valence-corrected chi connectivity index (χ1v) is 9.12. The molecule has 3 rings (SSSR count). The van der Waals surface area contributed by atoms with E-state index in [1.807, 2.05) is 41.8 Å². The second-order valence-corrected chi connectivity index (χ2v) is 6.77. The molecule has 0 aliphatic heterocycles. The van der Waals surface area contributed by atoms with Gasteiger partial charge in [-0.05, 0) is 54.2 Å². The molecule has 0 unspecified atom stereocenters. The summed E-state index contributed by atoms with van der Waals surface area (Å²) < 4.78 is 1.86. The second kappa shape index (κ2) is 7.71. The summed E-state index contributed by atoms with van der Waals surface area (Å²) in [4.78, 5) is 13.1. The van der Waals surface area contributed by atoms with Crippen molar-refractivity contribution in [3.05, 3.63) is 92.8 Å². The molecule has 0 saturated heterocycles. The number of rotatable bonds is 5. The van der Waals surface area contributed by atoms with E-state index in [4.69, 9.17) is 5.73 Å². The first kappa shape index (κ1) is 18.2. The molecule has 0 atom stereocenters. The van der Waals surface area contributed by atoms with E-state index in [1.54, 1.807) is 0 Å². The predicted octanol–water partition coefficient (Wildman–Crippen LogP) is 4.20. The highest BCUT2D eigenvalue weighted by Gasteiger charge is 2.14. The maximum atomic E-state index is 13.1. The van der Waals surface area contributed by atoms with Gasteiger partial charge in [-0.2, -0.15) is 0 Å². The quantitative estimate of drug-likeness (QED) is 0.752. The minimum absolute atomic E-state index is 0.00493. The third-order valence-corrected chi connectivity index (χ3v) is 5.04. The summed E-state index contributed by atoms with van der Waals surface area (Å²) in [6, 6.07) is 18.6. The summed E-state index contributed by atoms with van der Waals surface area (Å²) in [6.45, 7) is 7.03. The molecule has 2 N–H and O–H groups in total. The number of benzene rings is 2. The van der Waals surface area contributed by atoms with Gasteiger partial charge in [0.2, 0.25) is 0 Å². The standard InChI is InChI=1S/C23H26N2O/c1-4-18-10-11-20(16(2)12-18)15-25-22(19-8-6-5-7-9-19)13-17(3)21(14-24)23(25)26/h5-13H,4,14-15,24H2,1-3H3. The van der Waals surface area contributed by atoms with Crippen molar-refractivity contribution in [3.8, 4) is 11.3 Å². The topological polar surface area (TPSA) is 48.0 Å². The highest BCUT2D eigenvalue weighted by molar-refractivity contribution is 5.61. The predicted molar refractivity (Wildman–Crippen MR) is 108 cm³/mol. The van der Waals surface area contributed by atoms with Crippen LogP contribution in [-0.4, -0.2) is 4.57 Å². The second-order valence-electron chi connectivity index (χ2n) is 6.77. The minimum atomic E-state index is 0.00493. The van der Waals surface area contributed by atoms with Gasteiger partial charge in [-0.25, -0.2) is 0 Å². The van der Waals surface area contributed by atoms with Crippen LogP contribution in [0.4, 0.5) is 0 Å². The third-order valence-electron chi connectivity index (χ3n) is 5.04. The Kier molecular flexibility index (Phi) is 5.38. The number of nitrogens with zero attached hydrogens (tertiary/aromatic N) is 1. The molecule has 134 valence electrons. The minimum Gasteiger partial charge on any atom is -0.326 e. The van der Waals surface area contributed by atoms with E-state index < -0.39 is 0 Å². The maximum Gasteiger partial charge on any atom is 0.256 e. The van der Waals surface area contributed by atoms with Crippen molar-refractivity contribution in [3.63, 3.8) is 0 Å². The summed E-state index contributed by atoms with van der Waals surface area (Å²) in [5.74, 6) is 0. The molecule has 0 saturated carbocycles. The highest BCUT2D eigenvalue weighted by atomic mass is 16.1. The van der Waals surface area contributed by atoms with E-state index in [0.717, 1.165) is 28.8 Å². The number of hydrogen-bond donors (Lipinski definition) is 1. The van der Waals surface area contributed by atoms with Crippen LogP contribution >= 0.6 is 0 Å². The van der Waals surface area contributed by atoms with Crippen molar-refractivity contribution in [2.75, 3.05) is 0 Å². The van der Waals surface area contributed by atoms with Gasteiger partial charge in [0.1, 0.15) is 0 Å². The lowest BCUT2D eigenvalue weighted by Crippen LogP contribution is -2.28. The normalized spacial score (nSPS) is 10.9. The van der Waals surface area contributed by atoms with Crippen LogP contribution in [0, 0.1) is 13.8 Å². The van der Waals surface area contributed by atoms with Crippen LogP contribution in [0.1, 0.15) is 34.7 Å². The Morgan fingerprint density at radius 3 is 2.31 bits per heavy atom. The van der Waals surface area contributed by atoms with Gasteiger partial charge in [0, 0.05) is 12.1 Å². The van der Waals surface area contributed by atoms with Gasteiger partial charge in [0.25, 0.3) is 5.56 Å². The fraction of sp³-hybridized carbons (Fsp3) is 0.261. The summed E-state index contributed by atoms with van der Waals surface area (Å²) in [7, 11) is 0. The average Bonchev–Trinajstić information content (AvgIpc) is 2.66. The molecule has 0 spiro atoms. The van der Waals surface area contributed by atoms with Crippen molar-refractivity contribution < 1.29 is 0 Å². The van der Waals surface area contributed by atoms with Gasteiger partial charge < -0.3 is 10.3 Å². The number of hydrogen-bond acceptors (Lipinski definition) is 2. The van der Waals surface area contributed by atoms with Crippen molar-refractivity contribution >= 4 is 0 Å². The van der Waals surface area contributed by atoms with Crippen molar-refractivity contribution in [1.29, 1.82) is 0 Å². The first-order valence-electron chi connectivity index (χ1n) is 9.12. The number of nitrogens with two attached hydrogens (primary N) is 1. The van der Waals surface area contributed by atoms with Crippen LogP contribution in [0.15, 0.2) is 59.4 Å². The van der Waals surface area contributed by atoms with Gasteiger partial charge >= 0.3 is 0 Å². The SMILES string of the molecule is CCc1ccc(Cn2c(-c3ccccc3)cc(C)c(CN)c2=O)c(C)c1. The van der Waals surface area contributed by atoms with E-state index in [0.29, 0.717) is 12.1 Å². The largest absolute Gasteiger partial charge is 0.326 e. The summed E-state index contributed by atoms with van der Waals surface area (Å²) in [5, 5.41) is 0. The van der Waals surface area contributed by atoms with E-state index in [1.165, 1.54) is 11.1 Å². The molecule has 0 amide bonds. The lowest BCUT2D eigenvalue weighted by atomic mass is 10.0. The van der Waals surface area contributed by atoms with Crippen LogP contribution in [0.5, 0.6) is 0 Å². The average molecular weight is 346 g/mol. The van der Waals surface area contributed by atoms with Gasteiger partial charge in [0.15, 0.2) is 0 Å². The molecule has 1 aromatic heterocycles. The Balaban J connectivity index is 2.17. The summed E-state index contributed by atoms with van der Waals surface area (Å²) in [6.07, 6.45) is 1.01. The van der Waals surface area contributed by atoms with Crippen LogP contribution in [-0.2, 0) is 19.5 Å². The van der Waals surface area contributed by atoms with Crippen molar-refractivity contribution in [1.82, 2.24) is 4.57 Å². The Hall–Kier alpha value is -2.65. The Bertz CT molecular complexity index is 971. The van der Waals surface area contributed by atoms with Crippen LogP contribution in [0.3, 0.4) is 0 Å². The van der Waals surface area contributed by atoms with E-state index in [-0.39, 0.29) is 12.1 Å². The first-order chi connectivity index (χ1) is 12.5. The fourth-order valence-corrected chi connectivity index (χ4v) is 3.39. The Morgan fingerprint density at radius 1 is 0.962 bits per heavy atom. The molecular weight excluding hydrogens is 320 g/mol. The van der Waals surface area contributed by atoms with Gasteiger partial charge in [-0.3, -0.25) is 4.79 Å². The van der Waals surface area contributed by atoms with Crippen LogP contribution in [0.2, 0.25) is 0 Å². The highest BCUT2D eigenvalue weighted by Crippen LogP contribution is 2.22. The molecule has 26 heavy (non-hydrogen) atoms. The molecule has 0 fully saturated rings. The number of aryl methyl sites for hydroxylation is 3.